The number of aromatic nitrogens is 2. The fraction of sp³-hybridized carbons (Fsp3) is 0.136. The Balaban J connectivity index is 1.60. The van der Waals surface area contributed by atoms with Gasteiger partial charge in [-0.15, -0.1) is 0 Å². The number of carbonyl (C=O) groups is 2. The first-order chi connectivity index (χ1) is 15.5. The molecule has 32 heavy (non-hydrogen) atoms. The third kappa shape index (κ3) is 3.22. The fourth-order valence-corrected chi connectivity index (χ4v) is 4.06. The summed E-state index contributed by atoms with van der Waals surface area (Å²) >= 11 is 0. The summed E-state index contributed by atoms with van der Waals surface area (Å²) in [6.45, 7) is 0.440. The summed E-state index contributed by atoms with van der Waals surface area (Å²) in [7, 11) is 0. The first-order valence-corrected chi connectivity index (χ1v) is 10.1. The second kappa shape index (κ2) is 7.75. The van der Waals surface area contributed by atoms with E-state index in [-0.39, 0.29) is 24.8 Å². The molecule has 0 bridgehead atoms. The Morgan fingerprint density at radius 2 is 1.81 bits per heavy atom. The van der Waals surface area contributed by atoms with E-state index in [4.69, 9.17) is 11.7 Å². The summed E-state index contributed by atoms with van der Waals surface area (Å²) in [6, 6.07) is 13.2. The van der Waals surface area contributed by atoms with Crippen LogP contribution in [0.5, 0.6) is 0 Å². The van der Waals surface area contributed by atoms with E-state index in [0.29, 0.717) is 35.0 Å². The molecular weight excluding hydrogens is 408 g/mol. The lowest BCUT2D eigenvalue weighted by atomic mass is 10.0. The van der Waals surface area contributed by atoms with Crippen LogP contribution in [0, 0.1) is 0 Å². The van der Waals surface area contributed by atoms with Gasteiger partial charge in [0.15, 0.2) is 5.78 Å². The lowest BCUT2D eigenvalue weighted by Gasteiger charge is -2.28. The van der Waals surface area contributed by atoms with Crippen LogP contribution >= 0.6 is 0 Å². The van der Waals surface area contributed by atoms with Gasteiger partial charge in [-0.05, 0) is 24.3 Å². The fourth-order valence-electron chi connectivity index (χ4n) is 4.06. The highest BCUT2D eigenvalue weighted by Crippen LogP contribution is 2.39. The average Bonchev–Trinajstić information content (AvgIpc) is 3.36. The molecule has 162 valence electrons. The van der Waals surface area contributed by atoms with Crippen molar-refractivity contribution in [3.8, 4) is 11.3 Å². The number of nitrogens with one attached hydrogen (secondary N) is 2. The normalized spacial score (nSPS) is 15.3. The molecule has 0 fully saturated rings. The Bertz CT molecular complexity index is 1220. The molecule has 0 saturated heterocycles. The number of rotatable bonds is 4. The maximum atomic E-state index is 13.3. The molecule has 3 aromatic rings. The maximum Gasteiger partial charge on any atom is 0.273 e. The standard InChI is InChI=1S/C22H22N8O2/c23-29-13-26-10-16(29)22(32)28-11-17-19(18(31)12-28)20(27-15-4-2-1-3-5-15)21(30(17)24)14-6-8-25-9-7-14/h1-10,26-27H,11-13,23-24H2. The molecule has 10 nitrogen and oxygen atoms in total. The molecule has 2 aliphatic rings. The van der Waals surface area contributed by atoms with Gasteiger partial charge in [0.2, 0.25) is 0 Å². The molecular formula is C22H22N8O2. The Hall–Kier alpha value is -4.31. The third-order valence-corrected chi connectivity index (χ3v) is 5.57. The predicted octanol–water partition coefficient (Wildman–Crippen LogP) is 1.11. The molecule has 1 amide bonds. The van der Waals surface area contributed by atoms with Crippen molar-refractivity contribution in [2.24, 2.45) is 5.84 Å². The molecule has 0 radical (unpaired) electrons. The van der Waals surface area contributed by atoms with Crippen LogP contribution in [0.4, 0.5) is 11.4 Å². The number of Topliss-reactive ketones (excluding diaryl/α,β-unsaturated/α-hetero) is 1. The van der Waals surface area contributed by atoms with Crippen LogP contribution in [0.25, 0.3) is 11.3 Å². The molecule has 6 N–H and O–H groups in total. The minimum atomic E-state index is -0.333. The molecule has 0 aliphatic carbocycles. The van der Waals surface area contributed by atoms with E-state index in [0.717, 1.165) is 11.3 Å². The van der Waals surface area contributed by atoms with E-state index in [2.05, 4.69) is 15.6 Å². The number of nitrogens with zero attached hydrogens (tertiary/aromatic N) is 4. The molecule has 1 aromatic carbocycles. The number of carbonyl (C=O) groups excluding carboxylic acids is 2. The van der Waals surface area contributed by atoms with Crippen LogP contribution in [0.3, 0.4) is 0 Å². The van der Waals surface area contributed by atoms with Crippen LogP contribution < -0.4 is 22.3 Å². The molecule has 2 aromatic heterocycles. The summed E-state index contributed by atoms with van der Waals surface area (Å²) in [5.74, 6) is 11.8. The van der Waals surface area contributed by atoms with Crippen LogP contribution in [0.2, 0.25) is 0 Å². The highest BCUT2D eigenvalue weighted by Gasteiger charge is 2.36. The molecule has 2 aliphatic heterocycles. The summed E-state index contributed by atoms with van der Waals surface area (Å²) in [4.78, 5) is 31.8. The second-order valence-corrected chi connectivity index (χ2v) is 7.59. The van der Waals surface area contributed by atoms with Crippen LogP contribution in [-0.4, -0.2) is 44.5 Å². The number of hydrogen-bond donors (Lipinski definition) is 4. The number of benzene rings is 1. The number of anilines is 2. The molecule has 0 atom stereocenters. The van der Waals surface area contributed by atoms with Crippen molar-refractivity contribution in [3.63, 3.8) is 0 Å². The Morgan fingerprint density at radius 1 is 1.06 bits per heavy atom. The molecule has 0 spiro atoms. The molecule has 0 saturated carbocycles. The van der Waals surface area contributed by atoms with Gasteiger partial charge in [0.1, 0.15) is 12.4 Å². The predicted molar refractivity (Wildman–Crippen MR) is 119 cm³/mol. The van der Waals surface area contributed by atoms with Gasteiger partial charge in [0, 0.05) is 29.8 Å². The van der Waals surface area contributed by atoms with Gasteiger partial charge in [0.25, 0.3) is 5.91 Å². The van der Waals surface area contributed by atoms with Crippen LogP contribution in [-0.2, 0) is 11.3 Å². The van der Waals surface area contributed by atoms with Gasteiger partial charge < -0.3 is 21.4 Å². The van der Waals surface area contributed by atoms with Crippen molar-refractivity contribution in [2.75, 3.05) is 24.4 Å². The zero-order chi connectivity index (χ0) is 22.2. The van der Waals surface area contributed by atoms with E-state index in [1.54, 1.807) is 18.6 Å². The van der Waals surface area contributed by atoms with Crippen LogP contribution in [0.15, 0.2) is 66.8 Å². The quantitative estimate of drug-likeness (QED) is 0.452. The Morgan fingerprint density at radius 3 is 2.50 bits per heavy atom. The molecule has 4 heterocycles. The number of para-hydroxylation sites is 1. The monoisotopic (exact) mass is 430 g/mol. The number of amides is 1. The number of ketones is 1. The van der Waals surface area contributed by atoms with Gasteiger partial charge in [-0.3, -0.25) is 24.3 Å². The van der Waals surface area contributed by atoms with Gasteiger partial charge in [-0.1, -0.05) is 18.2 Å². The van der Waals surface area contributed by atoms with Crippen molar-refractivity contribution in [1.29, 1.82) is 0 Å². The van der Waals surface area contributed by atoms with E-state index in [1.165, 1.54) is 14.6 Å². The zero-order valence-electron chi connectivity index (χ0n) is 17.2. The summed E-state index contributed by atoms with van der Waals surface area (Å²) in [5, 5.41) is 7.58. The Kier molecular flexibility index (Phi) is 4.75. The van der Waals surface area contributed by atoms with E-state index in [1.807, 2.05) is 42.5 Å². The highest BCUT2D eigenvalue weighted by molar-refractivity contribution is 6.10. The van der Waals surface area contributed by atoms with Crippen molar-refractivity contribution in [2.45, 2.75) is 6.54 Å². The number of hydrazine groups is 1. The van der Waals surface area contributed by atoms with Crippen molar-refractivity contribution >= 4 is 23.1 Å². The minimum Gasteiger partial charge on any atom is -0.371 e. The number of nitrogen functional groups attached to an aromatic ring is 1. The second-order valence-electron chi connectivity index (χ2n) is 7.59. The topological polar surface area (TPSA) is 135 Å². The molecule has 5 rings (SSSR count). The smallest absolute Gasteiger partial charge is 0.273 e. The van der Waals surface area contributed by atoms with Gasteiger partial charge >= 0.3 is 0 Å². The van der Waals surface area contributed by atoms with Gasteiger partial charge in [-0.25, -0.2) is 5.84 Å². The SMILES string of the molecule is NN1CNC=C1C(=O)N1CC(=O)c2c(Nc3ccccc3)c(-c3ccncc3)n(N)c2C1. The summed E-state index contributed by atoms with van der Waals surface area (Å²) < 4.78 is 1.48. The molecule has 0 unspecified atom stereocenters. The number of pyridine rings is 1. The van der Waals surface area contributed by atoms with Crippen molar-refractivity contribution < 1.29 is 9.59 Å². The number of hydrogen-bond acceptors (Lipinski definition) is 8. The summed E-state index contributed by atoms with van der Waals surface area (Å²) in [6.07, 6.45) is 4.88. The highest BCUT2D eigenvalue weighted by atomic mass is 16.2. The third-order valence-electron chi connectivity index (χ3n) is 5.57. The first kappa shape index (κ1) is 19.6. The van der Waals surface area contributed by atoms with Gasteiger partial charge in [-0.2, -0.15) is 0 Å². The maximum absolute atomic E-state index is 13.3. The minimum absolute atomic E-state index is 0.0692. The van der Waals surface area contributed by atoms with E-state index >= 15 is 0 Å². The number of nitrogens with two attached hydrogens (primary N) is 2. The summed E-state index contributed by atoms with van der Waals surface area (Å²) in [5.41, 5.74) is 4.21. The van der Waals surface area contributed by atoms with Crippen LogP contribution in [0.1, 0.15) is 16.1 Å². The lowest BCUT2D eigenvalue weighted by Crippen LogP contribution is -2.45. The van der Waals surface area contributed by atoms with Crippen molar-refractivity contribution in [3.05, 3.63) is 78.0 Å². The lowest BCUT2D eigenvalue weighted by molar-refractivity contribution is -0.129. The zero-order valence-corrected chi connectivity index (χ0v) is 17.2. The van der Waals surface area contributed by atoms with E-state index in [9.17, 15) is 9.59 Å². The largest absolute Gasteiger partial charge is 0.371 e. The van der Waals surface area contributed by atoms with E-state index < -0.39 is 0 Å². The average molecular weight is 430 g/mol. The number of fused-ring (bicyclic) bond motifs is 1. The Labute approximate surface area is 184 Å². The van der Waals surface area contributed by atoms with Gasteiger partial charge in [0.05, 0.1) is 35.7 Å². The molecule has 10 heteroatoms. The first-order valence-electron chi connectivity index (χ1n) is 10.1. The van der Waals surface area contributed by atoms with Crippen molar-refractivity contribution in [1.82, 2.24) is 24.9 Å².